The van der Waals surface area contributed by atoms with Gasteiger partial charge in [0, 0.05) is 6.20 Å². The molecular formula is C12H13N3O. The monoisotopic (exact) mass is 215 g/mol. The maximum atomic E-state index is 5.58. The Kier molecular flexibility index (Phi) is 3.00. The number of ether oxygens (including phenoxy) is 1. The molecule has 0 aliphatic carbocycles. The average molecular weight is 215 g/mol. The Labute approximate surface area is 94.1 Å². The molecule has 0 amide bonds. The van der Waals surface area contributed by atoms with Crippen LogP contribution in [0.2, 0.25) is 0 Å². The largest absolute Gasteiger partial charge is 0.424 e. The number of rotatable bonds is 3. The van der Waals surface area contributed by atoms with Crippen molar-refractivity contribution in [1.29, 1.82) is 0 Å². The molecule has 2 N–H and O–H groups in total. The van der Waals surface area contributed by atoms with Gasteiger partial charge in [0.05, 0.1) is 0 Å². The number of aromatic nitrogens is 2. The van der Waals surface area contributed by atoms with Gasteiger partial charge < -0.3 is 10.5 Å². The van der Waals surface area contributed by atoms with Crippen molar-refractivity contribution in [2.24, 2.45) is 0 Å². The molecule has 16 heavy (non-hydrogen) atoms. The summed E-state index contributed by atoms with van der Waals surface area (Å²) in [5.41, 5.74) is 6.67. The molecule has 1 aromatic carbocycles. The third-order valence-electron chi connectivity index (χ3n) is 2.21. The maximum absolute atomic E-state index is 5.58. The predicted molar refractivity (Wildman–Crippen MR) is 62.3 cm³/mol. The van der Waals surface area contributed by atoms with Crippen molar-refractivity contribution in [3.63, 3.8) is 0 Å². The van der Waals surface area contributed by atoms with Gasteiger partial charge in [-0.2, -0.15) is 4.98 Å². The Morgan fingerprint density at radius 1 is 1.25 bits per heavy atom. The second-order valence-electron chi connectivity index (χ2n) is 3.33. The van der Waals surface area contributed by atoms with E-state index in [0.717, 1.165) is 17.7 Å². The minimum absolute atomic E-state index is 0.279. The first-order valence-electron chi connectivity index (χ1n) is 5.14. The molecule has 0 fully saturated rings. The van der Waals surface area contributed by atoms with Gasteiger partial charge in [0.2, 0.25) is 0 Å². The first-order valence-corrected chi connectivity index (χ1v) is 5.14. The molecule has 0 unspecified atom stereocenters. The highest BCUT2D eigenvalue weighted by atomic mass is 16.5. The molecule has 0 saturated heterocycles. The van der Waals surface area contributed by atoms with Crippen LogP contribution in [0, 0.1) is 0 Å². The van der Waals surface area contributed by atoms with Crippen LogP contribution in [0.1, 0.15) is 12.5 Å². The van der Waals surface area contributed by atoms with Crippen LogP contribution in [0.3, 0.4) is 0 Å². The average Bonchev–Trinajstić information content (AvgIpc) is 2.30. The number of nitrogens with zero attached hydrogens (tertiary/aromatic N) is 2. The molecule has 0 aliphatic rings. The molecular weight excluding hydrogens is 202 g/mol. The number of nitrogens with two attached hydrogens (primary N) is 1. The maximum Gasteiger partial charge on any atom is 0.323 e. The van der Waals surface area contributed by atoms with Crippen LogP contribution in [0.4, 0.5) is 5.82 Å². The van der Waals surface area contributed by atoms with E-state index < -0.39 is 0 Å². The smallest absolute Gasteiger partial charge is 0.323 e. The van der Waals surface area contributed by atoms with Gasteiger partial charge in [0.25, 0.3) is 0 Å². The molecule has 0 aliphatic heterocycles. The lowest BCUT2D eigenvalue weighted by molar-refractivity contribution is 0.438. The van der Waals surface area contributed by atoms with E-state index in [0.29, 0.717) is 5.82 Å². The van der Waals surface area contributed by atoms with Gasteiger partial charge in [-0.15, -0.1) is 0 Å². The standard InChI is InChI=1S/C12H13N3O/c1-2-9-5-3-4-6-10(9)16-12-14-8-7-11(13)15-12/h3-8H,2H2,1H3,(H2,13,14,15). The van der Waals surface area contributed by atoms with Crippen LogP contribution in [-0.4, -0.2) is 9.97 Å². The number of benzene rings is 1. The molecule has 1 aromatic heterocycles. The Bertz CT molecular complexity index is 485. The molecule has 0 atom stereocenters. The fourth-order valence-corrected chi connectivity index (χ4v) is 1.40. The summed E-state index contributed by atoms with van der Waals surface area (Å²) in [4.78, 5) is 7.99. The SMILES string of the molecule is CCc1ccccc1Oc1nccc(N)n1. The van der Waals surface area contributed by atoms with Crippen molar-refractivity contribution in [2.45, 2.75) is 13.3 Å². The zero-order valence-electron chi connectivity index (χ0n) is 9.05. The zero-order valence-corrected chi connectivity index (χ0v) is 9.05. The van der Waals surface area contributed by atoms with Crippen molar-refractivity contribution in [1.82, 2.24) is 9.97 Å². The fraction of sp³-hybridized carbons (Fsp3) is 0.167. The normalized spacial score (nSPS) is 10.1. The van der Waals surface area contributed by atoms with Crippen LogP contribution in [0.25, 0.3) is 0 Å². The number of nitrogen functional groups attached to an aromatic ring is 1. The molecule has 4 nitrogen and oxygen atoms in total. The van der Waals surface area contributed by atoms with Crippen LogP contribution in [0.5, 0.6) is 11.8 Å². The van der Waals surface area contributed by atoms with E-state index in [1.165, 1.54) is 0 Å². The lowest BCUT2D eigenvalue weighted by Gasteiger charge is -2.07. The van der Waals surface area contributed by atoms with E-state index >= 15 is 0 Å². The summed E-state index contributed by atoms with van der Waals surface area (Å²) in [7, 11) is 0. The van der Waals surface area contributed by atoms with E-state index in [9.17, 15) is 0 Å². The van der Waals surface area contributed by atoms with E-state index in [-0.39, 0.29) is 6.01 Å². The molecule has 1 heterocycles. The fourth-order valence-electron chi connectivity index (χ4n) is 1.40. The highest BCUT2D eigenvalue weighted by Crippen LogP contribution is 2.23. The second kappa shape index (κ2) is 4.61. The van der Waals surface area contributed by atoms with Gasteiger partial charge >= 0.3 is 6.01 Å². The summed E-state index contributed by atoms with van der Waals surface area (Å²) in [5.74, 6) is 1.18. The van der Waals surface area contributed by atoms with E-state index in [1.54, 1.807) is 12.3 Å². The quantitative estimate of drug-likeness (QED) is 0.854. The second-order valence-corrected chi connectivity index (χ2v) is 3.33. The summed E-state index contributed by atoms with van der Waals surface area (Å²) < 4.78 is 5.58. The Hall–Kier alpha value is -2.10. The first kappa shape index (κ1) is 10.4. The van der Waals surface area contributed by atoms with Gasteiger partial charge in [-0.25, -0.2) is 4.98 Å². The molecule has 0 saturated carbocycles. The number of aryl methyl sites for hydroxylation is 1. The van der Waals surface area contributed by atoms with E-state index in [2.05, 4.69) is 16.9 Å². The molecule has 4 heteroatoms. The minimum Gasteiger partial charge on any atom is -0.424 e. The lowest BCUT2D eigenvalue weighted by atomic mass is 10.1. The number of para-hydroxylation sites is 1. The van der Waals surface area contributed by atoms with Gasteiger partial charge in [-0.05, 0) is 24.1 Å². The van der Waals surface area contributed by atoms with Crippen molar-refractivity contribution < 1.29 is 4.74 Å². The highest BCUT2D eigenvalue weighted by Gasteiger charge is 2.04. The van der Waals surface area contributed by atoms with Crippen LogP contribution in [0.15, 0.2) is 36.5 Å². The third kappa shape index (κ3) is 2.28. The van der Waals surface area contributed by atoms with Crippen LogP contribution in [-0.2, 0) is 6.42 Å². The zero-order chi connectivity index (χ0) is 11.4. The molecule has 82 valence electrons. The summed E-state index contributed by atoms with van der Waals surface area (Å²) >= 11 is 0. The molecule has 0 bridgehead atoms. The van der Waals surface area contributed by atoms with Crippen LogP contribution >= 0.6 is 0 Å². The molecule has 0 spiro atoms. The van der Waals surface area contributed by atoms with Gasteiger partial charge in [-0.3, -0.25) is 0 Å². The highest BCUT2D eigenvalue weighted by molar-refractivity contribution is 5.36. The van der Waals surface area contributed by atoms with Crippen molar-refractivity contribution >= 4 is 5.82 Å². The topological polar surface area (TPSA) is 61.0 Å². The summed E-state index contributed by atoms with van der Waals surface area (Å²) in [5, 5.41) is 0. The Balaban J connectivity index is 2.26. The van der Waals surface area contributed by atoms with Gasteiger partial charge in [0.1, 0.15) is 11.6 Å². The minimum atomic E-state index is 0.279. The summed E-state index contributed by atoms with van der Waals surface area (Å²) in [6, 6.07) is 9.71. The van der Waals surface area contributed by atoms with Gasteiger partial charge in [0.15, 0.2) is 0 Å². The lowest BCUT2D eigenvalue weighted by Crippen LogP contribution is -1.97. The molecule has 2 rings (SSSR count). The number of hydrogen-bond acceptors (Lipinski definition) is 4. The summed E-state index contributed by atoms with van der Waals surface area (Å²) in [6.45, 7) is 2.07. The van der Waals surface area contributed by atoms with Crippen molar-refractivity contribution in [3.05, 3.63) is 42.1 Å². The van der Waals surface area contributed by atoms with Gasteiger partial charge in [-0.1, -0.05) is 25.1 Å². The first-order chi connectivity index (χ1) is 7.79. The van der Waals surface area contributed by atoms with Crippen molar-refractivity contribution in [3.8, 4) is 11.8 Å². The number of anilines is 1. The van der Waals surface area contributed by atoms with Crippen LogP contribution < -0.4 is 10.5 Å². The van der Waals surface area contributed by atoms with E-state index in [1.807, 2.05) is 24.3 Å². The third-order valence-corrected chi connectivity index (χ3v) is 2.21. The predicted octanol–water partition coefficient (Wildman–Crippen LogP) is 2.41. The Morgan fingerprint density at radius 3 is 2.81 bits per heavy atom. The Morgan fingerprint density at radius 2 is 2.06 bits per heavy atom. The van der Waals surface area contributed by atoms with E-state index in [4.69, 9.17) is 10.5 Å². The van der Waals surface area contributed by atoms with Crippen molar-refractivity contribution in [2.75, 3.05) is 5.73 Å². The molecule has 0 radical (unpaired) electrons. The molecule has 2 aromatic rings. The number of hydrogen-bond donors (Lipinski definition) is 1. The summed E-state index contributed by atoms with van der Waals surface area (Å²) in [6.07, 6.45) is 2.48.